The van der Waals surface area contributed by atoms with E-state index in [-0.39, 0.29) is 12.5 Å². The molecular weight excluding hydrogens is 474 g/mol. The topological polar surface area (TPSA) is 77.5 Å². The Hall–Kier alpha value is -2.36. The highest BCUT2D eigenvalue weighted by Gasteiger charge is 2.40. The number of ether oxygens (including phenoxy) is 1. The predicted molar refractivity (Wildman–Crippen MR) is 159 cm³/mol. The smallest absolute Gasteiger partial charge is 0.136 e. The maximum absolute atomic E-state index is 7.01. The van der Waals surface area contributed by atoms with Crippen molar-refractivity contribution in [3.63, 3.8) is 0 Å². The molecule has 2 aliphatic heterocycles. The molecule has 4 rings (SSSR count). The van der Waals surface area contributed by atoms with Crippen LogP contribution in [0.25, 0.3) is 0 Å². The lowest BCUT2D eigenvalue weighted by Gasteiger charge is -2.51. The highest BCUT2D eigenvalue weighted by atomic mass is 16.5. The zero-order chi connectivity index (χ0) is 27.2. The van der Waals surface area contributed by atoms with Crippen LogP contribution < -0.4 is 26.0 Å². The summed E-state index contributed by atoms with van der Waals surface area (Å²) in [5.41, 5.74) is 18.8. The van der Waals surface area contributed by atoms with Crippen LogP contribution >= 0.6 is 0 Å². The molecule has 0 spiro atoms. The quantitative estimate of drug-likeness (QED) is 0.464. The predicted octanol–water partition coefficient (Wildman–Crippen LogP) is 3.48. The normalized spacial score (nSPS) is 21.1. The minimum Gasteiger partial charge on any atom is -0.496 e. The maximum Gasteiger partial charge on any atom is 0.136 e. The van der Waals surface area contributed by atoms with Gasteiger partial charge in [-0.3, -0.25) is 10.6 Å². The lowest BCUT2D eigenvalue weighted by atomic mass is 9.97. The number of fused-ring (bicyclic) bond motifs is 1. The van der Waals surface area contributed by atoms with Gasteiger partial charge in [0.05, 0.1) is 13.3 Å². The van der Waals surface area contributed by atoms with E-state index in [0.717, 1.165) is 70.8 Å². The first-order valence-corrected chi connectivity index (χ1v) is 14.3. The first kappa shape index (κ1) is 28.6. The standard InChI is InChI=1S/C30H49N7O/c1-6-34(7-2)18-11-19-36-27-13-9-8-12-24(27)29(31)37(30(36)32)23-16-20-35(21-17-23)22-25-26(33(3)4)14-10-15-28(25)38-5/h8-10,12-15,23,29-30H,6-7,11,16-22,31-32H2,1-5H3. The summed E-state index contributed by atoms with van der Waals surface area (Å²) in [4.78, 5) is 11.9. The molecular formula is C30H49N7O. The van der Waals surface area contributed by atoms with E-state index < -0.39 is 0 Å². The molecule has 8 nitrogen and oxygen atoms in total. The van der Waals surface area contributed by atoms with Gasteiger partial charge in [-0.15, -0.1) is 0 Å². The van der Waals surface area contributed by atoms with E-state index in [1.165, 1.54) is 22.5 Å². The molecule has 2 unspecified atom stereocenters. The lowest BCUT2D eigenvalue weighted by Crippen LogP contribution is -2.64. The second-order valence-corrected chi connectivity index (χ2v) is 10.8. The molecule has 38 heavy (non-hydrogen) atoms. The van der Waals surface area contributed by atoms with Gasteiger partial charge >= 0.3 is 0 Å². The maximum atomic E-state index is 7.01. The van der Waals surface area contributed by atoms with Gasteiger partial charge in [-0.2, -0.15) is 0 Å². The first-order chi connectivity index (χ1) is 18.4. The van der Waals surface area contributed by atoms with Crippen LogP contribution in [0.3, 0.4) is 0 Å². The average molecular weight is 524 g/mol. The Morgan fingerprint density at radius 2 is 1.68 bits per heavy atom. The Morgan fingerprint density at radius 3 is 2.34 bits per heavy atom. The molecule has 0 aromatic heterocycles. The second-order valence-electron chi connectivity index (χ2n) is 10.8. The van der Waals surface area contributed by atoms with Crippen molar-refractivity contribution in [1.29, 1.82) is 0 Å². The molecule has 2 aromatic rings. The number of hydrogen-bond donors (Lipinski definition) is 2. The minimum atomic E-state index is -0.220. The molecule has 8 heteroatoms. The number of nitrogens with two attached hydrogens (primary N) is 2. The highest BCUT2D eigenvalue weighted by molar-refractivity contribution is 5.59. The lowest BCUT2D eigenvalue weighted by molar-refractivity contribution is 0.0282. The Labute approximate surface area is 230 Å². The van der Waals surface area contributed by atoms with Crippen molar-refractivity contribution in [2.45, 2.75) is 58.2 Å². The van der Waals surface area contributed by atoms with Crippen LogP contribution in [0.15, 0.2) is 42.5 Å². The molecule has 2 aromatic carbocycles. The van der Waals surface area contributed by atoms with Gasteiger partial charge in [0.2, 0.25) is 0 Å². The van der Waals surface area contributed by atoms with Crippen molar-refractivity contribution >= 4 is 11.4 Å². The second kappa shape index (κ2) is 13.1. The largest absolute Gasteiger partial charge is 0.496 e. The first-order valence-electron chi connectivity index (χ1n) is 14.3. The van der Waals surface area contributed by atoms with Gasteiger partial charge in [0.15, 0.2) is 0 Å². The van der Waals surface area contributed by atoms with Gasteiger partial charge in [0.1, 0.15) is 12.0 Å². The summed E-state index contributed by atoms with van der Waals surface area (Å²) in [5.74, 6) is 0.954. The van der Waals surface area contributed by atoms with E-state index in [0.29, 0.717) is 6.04 Å². The number of benzene rings is 2. The fourth-order valence-corrected chi connectivity index (χ4v) is 6.25. The third-order valence-corrected chi connectivity index (χ3v) is 8.45. The number of nitrogens with zero attached hydrogens (tertiary/aromatic N) is 5. The van der Waals surface area contributed by atoms with E-state index in [9.17, 15) is 0 Å². The number of likely N-dealkylation sites (tertiary alicyclic amines) is 1. The van der Waals surface area contributed by atoms with E-state index in [1.807, 2.05) is 0 Å². The molecule has 1 saturated heterocycles. The van der Waals surface area contributed by atoms with Crippen LogP contribution in [0.2, 0.25) is 0 Å². The van der Waals surface area contributed by atoms with Gasteiger partial charge < -0.3 is 25.2 Å². The molecule has 2 aliphatic rings. The van der Waals surface area contributed by atoms with Gasteiger partial charge in [-0.05, 0) is 70.2 Å². The summed E-state index contributed by atoms with van der Waals surface area (Å²) in [5, 5.41) is 0. The van der Waals surface area contributed by atoms with Crippen LogP contribution in [0.1, 0.15) is 50.4 Å². The molecule has 0 radical (unpaired) electrons. The van der Waals surface area contributed by atoms with E-state index in [2.05, 4.69) is 94.9 Å². The molecule has 0 bridgehead atoms. The minimum absolute atomic E-state index is 0.189. The average Bonchev–Trinajstić information content (AvgIpc) is 2.93. The Kier molecular flexibility index (Phi) is 9.90. The highest BCUT2D eigenvalue weighted by Crippen LogP contribution is 2.38. The molecule has 4 N–H and O–H groups in total. The zero-order valence-electron chi connectivity index (χ0n) is 24.1. The summed E-state index contributed by atoms with van der Waals surface area (Å²) >= 11 is 0. The number of rotatable bonds is 11. The monoisotopic (exact) mass is 523 g/mol. The van der Waals surface area contributed by atoms with Crippen LogP contribution in [0, 0.1) is 0 Å². The van der Waals surface area contributed by atoms with E-state index >= 15 is 0 Å². The number of hydrogen-bond acceptors (Lipinski definition) is 8. The molecule has 210 valence electrons. The SMILES string of the molecule is CCN(CC)CCCN1c2ccccc2C(N)N(C2CCN(Cc3c(OC)cccc3N(C)C)CC2)C1N. The number of para-hydroxylation sites is 1. The molecule has 0 aliphatic carbocycles. The van der Waals surface area contributed by atoms with Gasteiger partial charge in [-0.1, -0.05) is 38.1 Å². The number of piperidine rings is 1. The van der Waals surface area contributed by atoms with E-state index in [1.54, 1.807) is 7.11 Å². The van der Waals surface area contributed by atoms with Gasteiger partial charge in [-0.25, -0.2) is 4.90 Å². The Morgan fingerprint density at radius 1 is 0.974 bits per heavy atom. The van der Waals surface area contributed by atoms with Crippen molar-refractivity contribution in [2.75, 3.05) is 70.3 Å². The van der Waals surface area contributed by atoms with Crippen LogP contribution in [-0.2, 0) is 6.54 Å². The van der Waals surface area contributed by atoms with Gasteiger partial charge in [0, 0.05) is 55.7 Å². The van der Waals surface area contributed by atoms with Crippen molar-refractivity contribution in [2.24, 2.45) is 11.5 Å². The summed E-state index contributed by atoms with van der Waals surface area (Å²) in [6, 6.07) is 15.2. The molecule has 2 heterocycles. The van der Waals surface area contributed by atoms with E-state index in [4.69, 9.17) is 16.2 Å². The summed E-state index contributed by atoms with van der Waals surface area (Å²) in [6.07, 6.45) is 2.76. The fourth-order valence-electron chi connectivity index (χ4n) is 6.25. The van der Waals surface area contributed by atoms with Crippen molar-refractivity contribution in [3.8, 4) is 5.75 Å². The van der Waals surface area contributed by atoms with Crippen molar-refractivity contribution in [1.82, 2.24) is 14.7 Å². The fraction of sp³-hybridized carbons (Fsp3) is 0.600. The third kappa shape index (κ3) is 6.10. The van der Waals surface area contributed by atoms with Gasteiger partial charge in [0.25, 0.3) is 0 Å². The zero-order valence-corrected chi connectivity index (χ0v) is 24.1. The van der Waals surface area contributed by atoms with Crippen molar-refractivity contribution in [3.05, 3.63) is 53.6 Å². The molecule has 0 saturated carbocycles. The molecule has 2 atom stereocenters. The summed E-state index contributed by atoms with van der Waals surface area (Å²) < 4.78 is 5.73. The third-order valence-electron chi connectivity index (χ3n) is 8.45. The molecule has 1 fully saturated rings. The van der Waals surface area contributed by atoms with Crippen LogP contribution in [0.5, 0.6) is 5.75 Å². The van der Waals surface area contributed by atoms with Crippen LogP contribution in [0.4, 0.5) is 11.4 Å². The van der Waals surface area contributed by atoms with Crippen LogP contribution in [-0.4, -0.2) is 87.5 Å². The number of methoxy groups -OCH3 is 1. The van der Waals surface area contributed by atoms with Crippen molar-refractivity contribution < 1.29 is 4.74 Å². The summed E-state index contributed by atoms with van der Waals surface area (Å²) in [6.45, 7) is 11.5. The summed E-state index contributed by atoms with van der Waals surface area (Å²) in [7, 11) is 5.94. The number of anilines is 2. The Balaban J connectivity index is 1.46. The Bertz CT molecular complexity index is 1020. The molecule has 0 amide bonds.